The molecule has 0 bridgehead atoms. The maximum Gasteiger partial charge on any atom is 0.335 e. The summed E-state index contributed by atoms with van der Waals surface area (Å²) in [5.41, 5.74) is 2.08. The number of benzene rings is 2. The lowest BCUT2D eigenvalue weighted by Gasteiger charge is -2.14. The molecule has 2 heterocycles. The second-order valence-corrected chi connectivity index (χ2v) is 8.76. The van der Waals surface area contributed by atoms with Crippen LogP contribution >= 0.6 is 11.6 Å². The van der Waals surface area contributed by atoms with Gasteiger partial charge < -0.3 is 9.84 Å². The van der Waals surface area contributed by atoms with Crippen molar-refractivity contribution in [2.24, 2.45) is 0 Å². The third-order valence-electron chi connectivity index (χ3n) is 4.72. The fourth-order valence-electron chi connectivity index (χ4n) is 3.15. The number of methoxy groups -OCH3 is 1. The van der Waals surface area contributed by atoms with Crippen molar-refractivity contribution >= 4 is 44.2 Å². The van der Waals surface area contributed by atoms with E-state index in [0.29, 0.717) is 5.56 Å². The number of carboxylic acid groups (broad SMARTS) is 1. The lowest BCUT2D eigenvalue weighted by Crippen LogP contribution is -2.15. The summed E-state index contributed by atoms with van der Waals surface area (Å²) in [6, 6.07) is 14.4. The molecule has 0 atom stereocenters. The number of carbonyl (C=O) groups is 1. The zero-order valence-electron chi connectivity index (χ0n) is 16.6. The molecule has 4 rings (SSSR count). The molecule has 2 aromatic carbocycles. The third kappa shape index (κ3) is 4.20. The molecule has 0 fully saturated rings. The number of anilines is 1. The first-order valence-corrected chi connectivity index (χ1v) is 11.1. The van der Waals surface area contributed by atoms with Gasteiger partial charge in [0.05, 0.1) is 23.9 Å². The van der Waals surface area contributed by atoms with Crippen molar-refractivity contribution < 1.29 is 23.1 Å². The zero-order valence-corrected chi connectivity index (χ0v) is 18.2. The molecule has 10 heteroatoms. The molecule has 0 aliphatic heterocycles. The van der Waals surface area contributed by atoms with Crippen LogP contribution in [0.4, 0.5) is 5.69 Å². The molecule has 8 nitrogen and oxygen atoms in total. The number of nitrogens with zero attached hydrogens (tertiary/aromatic N) is 2. The number of sulfonamides is 1. The van der Waals surface area contributed by atoms with Crippen molar-refractivity contribution in [3.8, 4) is 16.9 Å². The summed E-state index contributed by atoms with van der Waals surface area (Å²) < 4.78 is 33.6. The fourth-order valence-corrected chi connectivity index (χ4v) is 4.61. The predicted molar refractivity (Wildman–Crippen MR) is 121 cm³/mol. The Hall–Kier alpha value is -3.69. The monoisotopic (exact) mass is 469 g/mol. The highest BCUT2D eigenvalue weighted by atomic mass is 35.5. The molecular weight excluding hydrogens is 454 g/mol. The van der Waals surface area contributed by atoms with Crippen molar-refractivity contribution in [3.05, 3.63) is 77.7 Å². The Morgan fingerprint density at radius 3 is 2.62 bits per heavy atom. The Morgan fingerprint density at radius 1 is 1.06 bits per heavy atom. The molecule has 0 aliphatic carbocycles. The van der Waals surface area contributed by atoms with Crippen molar-refractivity contribution in [1.29, 1.82) is 0 Å². The summed E-state index contributed by atoms with van der Waals surface area (Å²) in [4.78, 5) is 19.3. The number of carboxylic acids is 1. The van der Waals surface area contributed by atoms with Crippen molar-refractivity contribution in [1.82, 2.24) is 9.97 Å². The molecule has 2 N–H and O–H groups in total. The van der Waals surface area contributed by atoms with E-state index in [2.05, 4.69) is 14.7 Å². The van der Waals surface area contributed by atoms with E-state index in [9.17, 15) is 18.3 Å². The maximum atomic E-state index is 13.1. The minimum Gasteiger partial charge on any atom is -0.495 e. The molecule has 2 aromatic heterocycles. The van der Waals surface area contributed by atoms with Gasteiger partial charge in [-0.15, -0.1) is 0 Å². The summed E-state index contributed by atoms with van der Waals surface area (Å²) >= 11 is 6.15. The van der Waals surface area contributed by atoms with E-state index in [1.165, 1.54) is 25.4 Å². The zero-order chi connectivity index (χ0) is 22.9. The first kappa shape index (κ1) is 21.5. The van der Waals surface area contributed by atoms with Gasteiger partial charge in [0.1, 0.15) is 10.6 Å². The van der Waals surface area contributed by atoms with E-state index in [1.807, 2.05) is 30.3 Å². The van der Waals surface area contributed by atoms with Crippen LogP contribution in [0.5, 0.6) is 5.75 Å². The first-order chi connectivity index (χ1) is 15.3. The largest absolute Gasteiger partial charge is 0.495 e. The second-order valence-electron chi connectivity index (χ2n) is 6.75. The average Bonchev–Trinajstić information content (AvgIpc) is 2.79. The molecule has 0 unspecified atom stereocenters. The average molecular weight is 470 g/mol. The molecule has 0 amide bonds. The van der Waals surface area contributed by atoms with E-state index in [4.69, 9.17) is 16.3 Å². The Kier molecular flexibility index (Phi) is 5.68. The molecule has 0 spiro atoms. The Morgan fingerprint density at radius 2 is 1.88 bits per heavy atom. The number of fused-ring (bicyclic) bond motifs is 1. The van der Waals surface area contributed by atoms with Gasteiger partial charge >= 0.3 is 5.97 Å². The molecule has 0 saturated carbocycles. The molecule has 0 radical (unpaired) electrons. The number of pyridine rings is 2. The highest BCUT2D eigenvalue weighted by Gasteiger charge is 2.23. The van der Waals surface area contributed by atoms with Gasteiger partial charge in [-0.05, 0) is 48.0 Å². The highest BCUT2D eigenvalue weighted by molar-refractivity contribution is 7.92. The van der Waals surface area contributed by atoms with E-state index in [0.717, 1.165) is 22.5 Å². The maximum absolute atomic E-state index is 13.1. The highest BCUT2D eigenvalue weighted by Crippen LogP contribution is 2.32. The summed E-state index contributed by atoms with van der Waals surface area (Å²) in [6.45, 7) is 0. The molecular formula is C22H16ClN3O5S. The van der Waals surface area contributed by atoms with Gasteiger partial charge in [0.15, 0.2) is 5.15 Å². The third-order valence-corrected chi connectivity index (χ3v) is 6.41. The van der Waals surface area contributed by atoms with Crippen LogP contribution in [0.25, 0.3) is 22.0 Å². The number of hydrogen-bond acceptors (Lipinski definition) is 6. The van der Waals surface area contributed by atoms with Crippen LogP contribution in [0.3, 0.4) is 0 Å². The summed E-state index contributed by atoms with van der Waals surface area (Å²) in [7, 11) is -2.95. The Labute approximate surface area is 188 Å². The molecule has 4 aromatic rings. The molecule has 162 valence electrons. The molecule has 32 heavy (non-hydrogen) atoms. The topological polar surface area (TPSA) is 118 Å². The lowest BCUT2D eigenvalue weighted by molar-refractivity contribution is 0.0696. The Balaban J connectivity index is 1.74. The van der Waals surface area contributed by atoms with Crippen LogP contribution in [0.1, 0.15) is 10.4 Å². The van der Waals surface area contributed by atoms with Crippen molar-refractivity contribution in [2.45, 2.75) is 4.90 Å². The minimum absolute atomic E-state index is 0.00948. The number of hydrogen-bond donors (Lipinski definition) is 2. The van der Waals surface area contributed by atoms with Crippen LogP contribution in [-0.4, -0.2) is 36.6 Å². The normalized spacial score (nSPS) is 11.3. The molecule has 0 aliphatic rings. The van der Waals surface area contributed by atoms with Crippen molar-refractivity contribution in [2.75, 3.05) is 11.8 Å². The number of aromatic carboxylic acids is 1. The predicted octanol–water partition coefficient (Wildman–Crippen LogP) is 4.46. The number of rotatable bonds is 6. The van der Waals surface area contributed by atoms with Gasteiger partial charge in [-0.25, -0.2) is 18.2 Å². The standard InChI is InChI=1S/C22H16ClN3O5S/c1-31-19-7-5-15(22(27)28)11-20(19)32(29,30)26-18-10-16(12-25-21(18)23)13-4-6-17-14(9-13)3-2-8-24-17/h2-12,26H,1H3,(H,27,28). The quantitative estimate of drug-likeness (QED) is 0.400. The van der Waals surface area contributed by atoms with Gasteiger partial charge in [0.2, 0.25) is 0 Å². The number of aromatic nitrogens is 2. The van der Waals surface area contributed by atoms with E-state index >= 15 is 0 Å². The van der Waals surface area contributed by atoms with Gasteiger partial charge in [0, 0.05) is 23.3 Å². The first-order valence-electron chi connectivity index (χ1n) is 9.23. The molecule has 0 saturated heterocycles. The number of nitrogens with one attached hydrogen (secondary N) is 1. The SMILES string of the molecule is COc1ccc(C(=O)O)cc1S(=O)(=O)Nc1cc(-c2ccc3ncccc3c2)cnc1Cl. The smallest absolute Gasteiger partial charge is 0.335 e. The minimum atomic E-state index is -4.24. The van der Waals surface area contributed by atoms with Crippen LogP contribution in [0.2, 0.25) is 5.15 Å². The van der Waals surface area contributed by atoms with Gasteiger partial charge in [0.25, 0.3) is 10.0 Å². The Bertz CT molecular complexity index is 1460. The second kappa shape index (κ2) is 8.45. The van der Waals surface area contributed by atoms with E-state index in [1.54, 1.807) is 12.3 Å². The van der Waals surface area contributed by atoms with Gasteiger partial charge in [-0.3, -0.25) is 9.71 Å². The van der Waals surface area contributed by atoms with Gasteiger partial charge in [-0.1, -0.05) is 23.7 Å². The van der Waals surface area contributed by atoms with Gasteiger partial charge in [-0.2, -0.15) is 0 Å². The van der Waals surface area contributed by atoms with Crippen LogP contribution in [-0.2, 0) is 10.0 Å². The summed E-state index contributed by atoms with van der Waals surface area (Å²) in [6.07, 6.45) is 3.23. The summed E-state index contributed by atoms with van der Waals surface area (Å²) in [5, 5.41) is 10.1. The van der Waals surface area contributed by atoms with Crippen molar-refractivity contribution in [3.63, 3.8) is 0 Å². The lowest BCUT2D eigenvalue weighted by atomic mass is 10.0. The fraction of sp³-hybridized carbons (Fsp3) is 0.0455. The van der Waals surface area contributed by atoms with Crippen LogP contribution < -0.4 is 9.46 Å². The number of ether oxygens (including phenoxy) is 1. The number of halogens is 1. The van der Waals surface area contributed by atoms with E-state index in [-0.39, 0.29) is 27.0 Å². The van der Waals surface area contributed by atoms with E-state index < -0.39 is 16.0 Å². The van der Waals surface area contributed by atoms with Crippen LogP contribution in [0.15, 0.2) is 71.9 Å². The summed E-state index contributed by atoms with van der Waals surface area (Å²) in [5.74, 6) is -1.28. The van der Waals surface area contributed by atoms with Crippen LogP contribution in [0, 0.1) is 0 Å².